The van der Waals surface area contributed by atoms with Crippen LogP contribution in [0.5, 0.6) is 0 Å². The van der Waals surface area contributed by atoms with E-state index in [2.05, 4.69) is 10.3 Å². The van der Waals surface area contributed by atoms with E-state index in [1.807, 2.05) is 31.4 Å². The number of H-pyrrole nitrogens is 1. The number of fused-ring (bicyclic) bond motifs is 1. The lowest BCUT2D eigenvalue weighted by Gasteiger charge is -2.17. The molecule has 0 spiro atoms. The molecule has 3 aromatic rings. The molecule has 0 aliphatic heterocycles. The lowest BCUT2D eigenvalue weighted by atomic mass is 10.1. The number of non-ortho nitro benzene ring substituents is 1. The third-order valence-electron chi connectivity index (χ3n) is 5.44. The molecule has 9 nitrogen and oxygen atoms in total. The molecule has 35 heavy (non-hydrogen) atoms. The Morgan fingerprint density at radius 3 is 2.66 bits per heavy atom. The summed E-state index contributed by atoms with van der Waals surface area (Å²) in [6.45, 7) is 1.54. The number of carbonyl (C=O) groups is 3. The van der Waals surface area contributed by atoms with E-state index in [0.717, 1.165) is 35.0 Å². The van der Waals surface area contributed by atoms with Crippen molar-refractivity contribution in [3.8, 4) is 0 Å². The number of rotatable bonds is 11. The number of amides is 1. The lowest BCUT2D eigenvalue weighted by Crippen LogP contribution is -2.42. The fourth-order valence-corrected chi connectivity index (χ4v) is 4.31. The Hall–Kier alpha value is -3.37. The lowest BCUT2D eigenvalue weighted by molar-refractivity contribution is -0.384. The van der Waals surface area contributed by atoms with Crippen molar-refractivity contribution in [1.29, 1.82) is 0 Å². The van der Waals surface area contributed by atoms with Crippen LogP contribution < -0.4 is 5.32 Å². The zero-order chi connectivity index (χ0) is 25.5. The number of aromatic amines is 1. The van der Waals surface area contributed by atoms with Crippen molar-refractivity contribution in [2.24, 2.45) is 0 Å². The molecular weight excluding hydrogens is 494 g/mol. The summed E-state index contributed by atoms with van der Waals surface area (Å²) in [5.74, 6) is -1.26. The molecule has 1 aromatic heterocycles. The molecule has 2 aromatic carbocycles. The number of thioether (sulfide) groups is 1. The monoisotopic (exact) mass is 517 g/mol. The van der Waals surface area contributed by atoms with Crippen molar-refractivity contribution < 1.29 is 24.0 Å². The highest BCUT2D eigenvalue weighted by Crippen LogP contribution is 2.24. The third kappa shape index (κ3) is 6.20. The fraction of sp³-hybridized carbons (Fsp3) is 0.292. The maximum absolute atomic E-state index is 12.8. The SMILES string of the molecule is CCc1cccc2c(C(=O)COC(=O)[C@@H](CCSC)NC(=O)c3ccc([N+](=O)[O-])cc3Cl)c[nH]c12. The number of aryl methyl sites for hydroxylation is 1. The van der Waals surface area contributed by atoms with Crippen LogP contribution in [0, 0.1) is 10.1 Å². The van der Waals surface area contributed by atoms with Crippen LogP contribution in [0.15, 0.2) is 42.6 Å². The summed E-state index contributed by atoms with van der Waals surface area (Å²) in [6, 6.07) is 8.09. The van der Waals surface area contributed by atoms with Gasteiger partial charge in [0.2, 0.25) is 5.78 Å². The molecule has 0 saturated carbocycles. The highest BCUT2D eigenvalue weighted by molar-refractivity contribution is 7.98. The maximum Gasteiger partial charge on any atom is 0.329 e. The van der Waals surface area contributed by atoms with Gasteiger partial charge in [-0.15, -0.1) is 0 Å². The number of nitrogens with zero attached hydrogens (tertiary/aromatic N) is 1. The van der Waals surface area contributed by atoms with E-state index in [-0.39, 0.29) is 28.5 Å². The normalized spacial score (nSPS) is 11.7. The number of aromatic nitrogens is 1. The molecule has 1 amide bonds. The first-order chi connectivity index (χ1) is 16.8. The molecule has 184 valence electrons. The summed E-state index contributed by atoms with van der Waals surface area (Å²) < 4.78 is 5.26. The molecule has 0 fully saturated rings. The van der Waals surface area contributed by atoms with Gasteiger partial charge in [0.25, 0.3) is 11.6 Å². The van der Waals surface area contributed by atoms with Gasteiger partial charge in [0.15, 0.2) is 6.61 Å². The Bertz CT molecular complexity index is 1280. The van der Waals surface area contributed by atoms with Crippen LogP contribution in [-0.4, -0.2) is 52.2 Å². The van der Waals surface area contributed by atoms with Gasteiger partial charge in [0.1, 0.15) is 6.04 Å². The first-order valence-corrected chi connectivity index (χ1v) is 12.6. The Morgan fingerprint density at radius 1 is 1.23 bits per heavy atom. The van der Waals surface area contributed by atoms with Crippen molar-refractivity contribution >= 4 is 57.6 Å². The second-order valence-electron chi connectivity index (χ2n) is 7.66. The smallest absolute Gasteiger partial charge is 0.329 e. The number of halogens is 1. The van der Waals surface area contributed by atoms with Gasteiger partial charge in [0, 0.05) is 34.8 Å². The minimum atomic E-state index is -1.02. The third-order valence-corrected chi connectivity index (χ3v) is 6.39. The minimum Gasteiger partial charge on any atom is -0.456 e. The Kier molecular flexibility index (Phi) is 8.89. The number of para-hydroxylation sites is 1. The van der Waals surface area contributed by atoms with Gasteiger partial charge in [0.05, 0.1) is 15.5 Å². The molecule has 0 bridgehead atoms. The predicted octanol–water partition coefficient (Wildman–Crippen LogP) is 4.57. The summed E-state index contributed by atoms with van der Waals surface area (Å²) in [6.07, 6.45) is 4.51. The molecule has 0 aliphatic carbocycles. The van der Waals surface area contributed by atoms with E-state index in [0.29, 0.717) is 11.3 Å². The number of ketones is 1. The maximum atomic E-state index is 12.8. The number of hydrogen-bond acceptors (Lipinski definition) is 7. The number of benzene rings is 2. The first kappa shape index (κ1) is 26.2. The van der Waals surface area contributed by atoms with Gasteiger partial charge in [-0.25, -0.2) is 4.79 Å². The van der Waals surface area contributed by atoms with Gasteiger partial charge >= 0.3 is 5.97 Å². The summed E-state index contributed by atoms with van der Waals surface area (Å²) in [5, 5.41) is 14.1. The van der Waals surface area contributed by atoms with Crippen LogP contribution in [0.4, 0.5) is 5.69 Å². The van der Waals surface area contributed by atoms with Crippen LogP contribution in [0.25, 0.3) is 10.9 Å². The summed E-state index contributed by atoms with van der Waals surface area (Å²) >= 11 is 7.51. The van der Waals surface area contributed by atoms with Gasteiger partial charge in [-0.3, -0.25) is 19.7 Å². The zero-order valence-corrected chi connectivity index (χ0v) is 20.7. The van der Waals surface area contributed by atoms with Crippen molar-refractivity contribution in [3.63, 3.8) is 0 Å². The Balaban J connectivity index is 1.69. The number of nitrogens with one attached hydrogen (secondary N) is 2. The number of nitro groups is 1. The molecular formula is C24H24ClN3O6S. The van der Waals surface area contributed by atoms with Gasteiger partial charge < -0.3 is 15.0 Å². The molecule has 0 saturated heterocycles. The van der Waals surface area contributed by atoms with E-state index < -0.39 is 29.4 Å². The second kappa shape index (κ2) is 11.9. The van der Waals surface area contributed by atoms with Gasteiger partial charge in [-0.2, -0.15) is 11.8 Å². The van der Waals surface area contributed by atoms with E-state index in [1.165, 1.54) is 17.8 Å². The molecule has 0 unspecified atom stereocenters. The van der Waals surface area contributed by atoms with Crippen LogP contribution >= 0.6 is 23.4 Å². The number of ether oxygens (including phenoxy) is 1. The highest BCUT2D eigenvalue weighted by Gasteiger charge is 2.25. The zero-order valence-electron chi connectivity index (χ0n) is 19.1. The number of Topliss-reactive ketones (excluding diaryl/α,β-unsaturated/α-hetero) is 1. The van der Waals surface area contributed by atoms with Crippen molar-refractivity contribution in [2.45, 2.75) is 25.8 Å². The number of carbonyl (C=O) groups excluding carboxylic acids is 3. The van der Waals surface area contributed by atoms with E-state index in [4.69, 9.17) is 16.3 Å². The molecule has 0 aliphatic rings. The highest BCUT2D eigenvalue weighted by atomic mass is 35.5. The molecule has 2 N–H and O–H groups in total. The van der Waals surface area contributed by atoms with Crippen LogP contribution in [0.1, 0.15) is 39.6 Å². The summed E-state index contributed by atoms with van der Waals surface area (Å²) in [4.78, 5) is 51.6. The molecule has 1 heterocycles. The molecule has 11 heteroatoms. The summed E-state index contributed by atoms with van der Waals surface area (Å²) in [5.41, 5.74) is 2.09. The van der Waals surface area contributed by atoms with E-state index in [1.54, 1.807) is 6.20 Å². The van der Waals surface area contributed by atoms with Crippen LogP contribution in [0.3, 0.4) is 0 Å². The van der Waals surface area contributed by atoms with Gasteiger partial charge in [-0.05, 0) is 36.5 Å². The fourth-order valence-electron chi connectivity index (χ4n) is 3.58. The van der Waals surface area contributed by atoms with Crippen molar-refractivity contribution in [1.82, 2.24) is 10.3 Å². The molecule has 0 radical (unpaired) electrons. The standard InChI is InChI=1S/C24H24ClN3O6S/c1-3-14-5-4-6-16-18(12-26-22(14)16)21(29)13-34-24(31)20(9-10-35-2)27-23(30)17-8-7-15(28(32)33)11-19(17)25/h4-8,11-12,20,26H,3,9-10,13H2,1-2H3,(H,27,30)/t20-/m1/s1. The average molecular weight is 518 g/mol. The minimum absolute atomic E-state index is 0.0131. The molecule has 1 atom stereocenters. The second-order valence-corrected chi connectivity index (χ2v) is 9.05. The van der Waals surface area contributed by atoms with E-state index in [9.17, 15) is 24.5 Å². The van der Waals surface area contributed by atoms with E-state index >= 15 is 0 Å². The number of hydrogen-bond donors (Lipinski definition) is 2. The largest absolute Gasteiger partial charge is 0.456 e. The van der Waals surface area contributed by atoms with Crippen molar-refractivity contribution in [2.75, 3.05) is 18.6 Å². The van der Waals surface area contributed by atoms with Gasteiger partial charge in [-0.1, -0.05) is 36.7 Å². The Labute approximate surface area is 210 Å². The summed E-state index contributed by atoms with van der Waals surface area (Å²) in [7, 11) is 0. The van der Waals surface area contributed by atoms with Crippen LogP contribution in [-0.2, 0) is 16.0 Å². The molecule has 3 rings (SSSR count). The Morgan fingerprint density at radius 2 is 2.00 bits per heavy atom. The van der Waals surface area contributed by atoms with Crippen LogP contribution in [0.2, 0.25) is 5.02 Å². The average Bonchev–Trinajstić information content (AvgIpc) is 3.29. The predicted molar refractivity (Wildman–Crippen MR) is 135 cm³/mol. The first-order valence-electron chi connectivity index (χ1n) is 10.8. The number of esters is 1. The topological polar surface area (TPSA) is 131 Å². The number of nitro benzene ring substituents is 1. The quantitative estimate of drug-likeness (QED) is 0.165. The van der Waals surface area contributed by atoms with Crippen molar-refractivity contribution in [3.05, 3.63) is 74.4 Å².